The second-order valence-corrected chi connectivity index (χ2v) is 10.9. The van der Waals surface area contributed by atoms with Gasteiger partial charge in [-0.3, -0.25) is 4.98 Å². The molecule has 0 radical (unpaired) electrons. The van der Waals surface area contributed by atoms with Crippen molar-refractivity contribution in [3.05, 3.63) is 144 Å². The lowest BCUT2D eigenvalue weighted by Gasteiger charge is -2.26. The number of pyridine rings is 1. The van der Waals surface area contributed by atoms with Crippen molar-refractivity contribution in [2.24, 2.45) is 0 Å². The molecule has 2 aliphatic rings. The number of hydrogen-bond acceptors (Lipinski definition) is 8. The first kappa shape index (κ1) is 32.8. The first-order chi connectivity index (χ1) is 23.0. The minimum absolute atomic E-state index is 0.0725. The lowest BCUT2D eigenvalue weighted by atomic mass is 9.89. The van der Waals surface area contributed by atoms with Crippen molar-refractivity contribution in [1.29, 1.82) is 0 Å². The molecule has 1 heterocycles. The van der Waals surface area contributed by atoms with Crippen LogP contribution in [0.25, 0.3) is 16.5 Å². The molecule has 1 aromatic heterocycles. The van der Waals surface area contributed by atoms with Crippen LogP contribution in [-0.4, -0.2) is 55.3 Å². The first-order valence-corrected chi connectivity index (χ1v) is 15.5. The Bertz CT molecular complexity index is 1760. The zero-order valence-corrected chi connectivity index (χ0v) is 26.5. The molecule has 0 aliphatic heterocycles. The largest absolute Gasteiger partial charge is 0.490 e. The standard InChI is InChI=1S/C39H38N2O6/c1-4-36(42)46-22-20-44-31-24-28(25-32(26-31)45-21-23-47-37(43)5-2)27-41(3)35-18-10-13-29-12-7-6-8-16-33(29)38(35)34-17-9-14-30-15-11-19-40-39(30)34/h4-12,14-15,17-19,24-26H,1-2,13,16,20-23,27H2,3H3. The van der Waals surface area contributed by atoms with E-state index in [4.69, 9.17) is 23.9 Å². The Balaban J connectivity index is 1.49. The van der Waals surface area contributed by atoms with E-state index in [-0.39, 0.29) is 26.4 Å². The zero-order chi connectivity index (χ0) is 33.0. The van der Waals surface area contributed by atoms with Crippen LogP contribution in [0, 0.1) is 0 Å². The van der Waals surface area contributed by atoms with E-state index in [0.29, 0.717) is 18.0 Å². The molecule has 0 atom stereocenters. The quantitative estimate of drug-likeness (QED) is 0.106. The van der Waals surface area contributed by atoms with Gasteiger partial charge in [0, 0.05) is 60.2 Å². The van der Waals surface area contributed by atoms with E-state index in [9.17, 15) is 9.59 Å². The molecule has 0 saturated heterocycles. The monoisotopic (exact) mass is 630 g/mol. The minimum Gasteiger partial charge on any atom is -0.490 e. The Morgan fingerprint density at radius 1 is 0.851 bits per heavy atom. The van der Waals surface area contributed by atoms with Gasteiger partial charge in [-0.15, -0.1) is 0 Å². The van der Waals surface area contributed by atoms with Crippen molar-refractivity contribution in [2.75, 3.05) is 33.5 Å². The van der Waals surface area contributed by atoms with Crippen LogP contribution in [0.15, 0.2) is 133 Å². The molecule has 0 unspecified atom stereocenters. The first-order valence-electron chi connectivity index (χ1n) is 15.5. The normalized spacial score (nSPS) is 13.8. The predicted molar refractivity (Wildman–Crippen MR) is 184 cm³/mol. The van der Waals surface area contributed by atoms with E-state index < -0.39 is 11.9 Å². The number of rotatable bonds is 14. The molecule has 0 fully saturated rings. The van der Waals surface area contributed by atoms with Crippen molar-refractivity contribution in [3.63, 3.8) is 0 Å². The van der Waals surface area contributed by atoms with E-state index >= 15 is 0 Å². The number of ether oxygens (including phenoxy) is 4. The van der Waals surface area contributed by atoms with Crippen LogP contribution < -0.4 is 9.47 Å². The molecule has 3 aromatic rings. The van der Waals surface area contributed by atoms with Gasteiger partial charge in [0.2, 0.25) is 0 Å². The van der Waals surface area contributed by atoms with Crippen molar-refractivity contribution in [3.8, 4) is 11.5 Å². The van der Waals surface area contributed by atoms with Gasteiger partial charge in [0.1, 0.15) is 37.9 Å². The molecule has 8 nitrogen and oxygen atoms in total. The van der Waals surface area contributed by atoms with Gasteiger partial charge in [-0.2, -0.15) is 0 Å². The number of para-hydroxylation sites is 1. The summed E-state index contributed by atoms with van der Waals surface area (Å²) in [4.78, 5) is 30.0. The fourth-order valence-electron chi connectivity index (χ4n) is 5.55. The number of carbonyl (C=O) groups excluding carboxylic acids is 2. The summed E-state index contributed by atoms with van der Waals surface area (Å²) >= 11 is 0. The third-order valence-corrected chi connectivity index (χ3v) is 7.62. The molecule has 0 N–H and O–H groups in total. The lowest BCUT2D eigenvalue weighted by molar-refractivity contribution is -0.139. The van der Waals surface area contributed by atoms with Gasteiger partial charge in [-0.25, -0.2) is 9.59 Å². The number of likely N-dealkylation sites (N-methyl/N-ethyl adjacent to an activating group) is 1. The molecule has 0 spiro atoms. The summed E-state index contributed by atoms with van der Waals surface area (Å²) < 4.78 is 22.0. The summed E-state index contributed by atoms with van der Waals surface area (Å²) in [5, 5.41) is 1.08. The van der Waals surface area contributed by atoms with E-state index in [1.807, 2.05) is 24.4 Å². The Morgan fingerprint density at radius 2 is 1.55 bits per heavy atom. The number of benzene rings is 2. The maximum Gasteiger partial charge on any atom is 0.330 e. The molecule has 5 rings (SSSR count). The second kappa shape index (κ2) is 16.1. The fraction of sp³-hybridized carbons (Fsp3) is 0.205. The number of aromatic nitrogens is 1. The number of hydrogen-bond donors (Lipinski definition) is 0. The molecule has 2 aliphatic carbocycles. The Morgan fingerprint density at radius 3 is 2.26 bits per heavy atom. The fourth-order valence-corrected chi connectivity index (χ4v) is 5.55. The number of esters is 2. The van der Waals surface area contributed by atoms with Gasteiger partial charge < -0.3 is 23.8 Å². The van der Waals surface area contributed by atoms with Crippen molar-refractivity contribution < 1.29 is 28.5 Å². The van der Waals surface area contributed by atoms with Crippen LogP contribution in [0.1, 0.15) is 24.0 Å². The van der Waals surface area contributed by atoms with Crippen LogP contribution >= 0.6 is 0 Å². The van der Waals surface area contributed by atoms with Gasteiger partial charge in [-0.1, -0.05) is 67.8 Å². The Hall–Kier alpha value is -5.63. The molecule has 0 bridgehead atoms. The van der Waals surface area contributed by atoms with E-state index in [0.717, 1.165) is 58.3 Å². The highest BCUT2D eigenvalue weighted by Gasteiger charge is 2.23. The van der Waals surface area contributed by atoms with Gasteiger partial charge in [0.25, 0.3) is 0 Å². The summed E-state index contributed by atoms with van der Waals surface area (Å²) in [6.07, 6.45) is 18.7. The average Bonchev–Trinajstić information content (AvgIpc) is 3.43. The SMILES string of the molecule is C=CC(=O)OCCOc1cc(CN(C)C2=C(c3cccc4cccnc34)C3=C(C=CC=CC3)CC=C2)cc(OCCOC(=O)C=C)c1. The maximum absolute atomic E-state index is 11.5. The van der Waals surface area contributed by atoms with Crippen molar-refractivity contribution >= 4 is 28.4 Å². The summed E-state index contributed by atoms with van der Waals surface area (Å²) in [5.74, 6) is 0.0805. The van der Waals surface area contributed by atoms with E-state index in [1.165, 1.54) is 11.1 Å². The van der Waals surface area contributed by atoms with Crippen LogP contribution in [0.2, 0.25) is 0 Å². The summed E-state index contributed by atoms with van der Waals surface area (Å²) in [7, 11) is 2.07. The third-order valence-electron chi connectivity index (χ3n) is 7.62. The molecule has 240 valence electrons. The second-order valence-electron chi connectivity index (χ2n) is 10.9. The van der Waals surface area contributed by atoms with E-state index in [1.54, 1.807) is 6.07 Å². The van der Waals surface area contributed by atoms with Crippen molar-refractivity contribution in [2.45, 2.75) is 19.4 Å². The Kier molecular flexibility index (Phi) is 11.2. The van der Waals surface area contributed by atoms with Crippen LogP contribution in [0.3, 0.4) is 0 Å². The molecule has 47 heavy (non-hydrogen) atoms. The van der Waals surface area contributed by atoms with Crippen molar-refractivity contribution in [1.82, 2.24) is 9.88 Å². The number of fused-ring (bicyclic) bond motifs is 1. The molecule has 2 aromatic carbocycles. The van der Waals surface area contributed by atoms with Gasteiger partial charge in [0.05, 0.1) is 5.52 Å². The summed E-state index contributed by atoms with van der Waals surface area (Å²) in [6.45, 7) is 7.81. The lowest BCUT2D eigenvalue weighted by Crippen LogP contribution is -2.19. The molecule has 0 saturated carbocycles. The maximum atomic E-state index is 11.5. The minimum atomic E-state index is -0.512. The summed E-state index contributed by atoms with van der Waals surface area (Å²) in [5.41, 5.74) is 7.73. The van der Waals surface area contributed by atoms with Gasteiger partial charge in [0.15, 0.2) is 0 Å². The predicted octanol–water partition coefficient (Wildman–Crippen LogP) is 7.07. The van der Waals surface area contributed by atoms with E-state index in [2.05, 4.69) is 85.8 Å². The Labute approximate surface area is 275 Å². The molecular weight excluding hydrogens is 592 g/mol. The highest BCUT2D eigenvalue weighted by atomic mass is 16.6. The average molecular weight is 631 g/mol. The third kappa shape index (κ3) is 8.55. The smallest absolute Gasteiger partial charge is 0.330 e. The summed E-state index contributed by atoms with van der Waals surface area (Å²) in [6, 6.07) is 16.0. The molecule has 8 heteroatoms. The van der Waals surface area contributed by atoms with Crippen LogP contribution in [0.4, 0.5) is 0 Å². The van der Waals surface area contributed by atoms with Crippen LogP contribution in [-0.2, 0) is 25.6 Å². The molecule has 0 amide bonds. The number of carbonyl (C=O) groups is 2. The van der Waals surface area contributed by atoms with Crippen LogP contribution in [0.5, 0.6) is 11.5 Å². The van der Waals surface area contributed by atoms with Gasteiger partial charge >= 0.3 is 11.9 Å². The highest BCUT2D eigenvalue weighted by Crippen LogP contribution is 2.40. The number of allylic oxidation sites excluding steroid dienone is 9. The number of nitrogens with zero attached hydrogens (tertiary/aromatic N) is 2. The topological polar surface area (TPSA) is 87.2 Å². The zero-order valence-electron chi connectivity index (χ0n) is 26.5. The van der Waals surface area contributed by atoms with Gasteiger partial charge in [-0.05, 0) is 53.8 Å². The highest BCUT2D eigenvalue weighted by molar-refractivity contribution is 5.97. The molecular formula is C39H38N2O6.